The van der Waals surface area contributed by atoms with E-state index < -0.39 is 0 Å². The molecular formula is C20H27IN6S. The number of hydrogen-bond acceptors (Lipinski definition) is 4. The lowest BCUT2D eigenvalue weighted by Crippen LogP contribution is -2.38. The molecule has 28 heavy (non-hydrogen) atoms. The van der Waals surface area contributed by atoms with Crippen LogP contribution in [0.5, 0.6) is 0 Å². The highest BCUT2D eigenvalue weighted by molar-refractivity contribution is 14.0. The third-order valence-electron chi connectivity index (χ3n) is 4.05. The van der Waals surface area contributed by atoms with Gasteiger partial charge in [0.05, 0.1) is 23.6 Å². The van der Waals surface area contributed by atoms with Crippen LogP contribution in [0.3, 0.4) is 0 Å². The molecular weight excluding hydrogens is 483 g/mol. The first-order chi connectivity index (χ1) is 13.2. The first-order valence-corrected chi connectivity index (χ1v) is 10.1. The number of imidazole rings is 1. The van der Waals surface area contributed by atoms with Gasteiger partial charge in [-0.05, 0) is 25.0 Å². The molecule has 0 unspecified atom stereocenters. The van der Waals surface area contributed by atoms with E-state index in [1.807, 2.05) is 19.4 Å². The van der Waals surface area contributed by atoms with E-state index in [4.69, 9.17) is 0 Å². The Bertz CT molecular complexity index is 842. The van der Waals surface area contributed by atoms with Crippen molar-refractivity contribution in [2.24, 2.45) is 4.99 Å². The third kappa shape index (κ3) is 7.23. The second kappa shape index (κ2) is 11.8. The summed E-state index contributed by atoms with van der Waals surface area (Å²) in [4.78, 5) is 13.3. The van der Waals surface area contributed by atoms with Gasteiger partial charge < -0.3 is 15.2 Å². The van der Waals surface area contributed by atoms with Gasteiger partial charge in [0.1, 0.15) is 0 Å². The lowest BCUT2D eigenvalue weighted by Gasteiger charge is -2.11. The molecule has 2 heterocycles. The van der Waals surface area contributed by atoms with Crippen LogP contribution in [0.25, 0.3) is 0 Å². The van der Waals surface area contributed by atoms with Crippen molar-refractivity contribution in [1.29, 1.82) is 0 Å². The van der Waals surface area contributed by atoms with Gasteiger partial charge in [0.25, 0.3) is 0 Å². The van der Waals surface area contributed by atoms with E-state index in [0.717, 1.165) is 42.7 Å². The van der Waals surface area contributed by atoms with Crippen molar-refractivity contribution < 1.29 is 0 Å². The van der Waals surface area contributed by atoms with Gasteiger partial charge in [-0.2, -0.15) is 0 Å². The van der Waals surface area contributed by atoms with Gasteiger partial charge in [0.2, 0.25) is 0 Å². The van der Waals surface area contributed by atoms with Gasteiger partial charge in [0, 0.05) is 43.8 Å². The molecule has 0 saturated carbocycles. The fourth-order valence-electron chi connectivity index (χ4n) is 2.69. The van der Waals surface area contributed by atoms with Gasteiger partial charge in [-0.3, -0.25) is 0 Å². The molecule has 0 aliphatic heterocycles. The maximum atomic E-state index is 4.69. The Morgan fingerprint density at radius 1 is 1.18 bits per heavy atom. The van der Waals surface area contributed by atoms with Crippen LogP contribution in [0.15, 0.2) is 53.4 Å². The van der Waals surface area contributed by atoms with Crippen LogP contribution in [0.1, 0.15) is 28.8 Å². The number of nitrogens with zero attached hydrogens (tertiary/aromatic N) is 4. The summed E-state index contributed by atoms with van der Waals surface area (Å²) >= 11 is 1.69. The molecule has 150 valence electrons. The van der Waals surface area contributed by atoms with E-state index in [0.29, 0.717) is 6.54 Å². The minimum absolute atomic E-state index is 0. The number of hydrogen-bond donors (Lipinski definition) is 2. The molecule has 6 nitrogen and oxygen atoms in total. The topological polar surface area (TPSA) is 67.1 Å². The summed E-state index contributed by atoms with van der Waals surface area (Å²) in [5, 5.41) is 9.91. The second-order valence-corrected chi connectivity index (χ2v) is 7.34. The molecule has 0 bridgehead atoms. The molecule has 0 aliphatic carbocycles. The third-order valence-corrected chi connectivity index (χ3v) is 4.87. The largest absolute Gasteiger partial charge is 0.357 e. The van der Waals surface area contributed by atoms with E-state index in [2.05, 4.69) is 66.7 Å². The van der Waals surface area contributed by atoms with Crippen molar-refractivity contribution in [3.05, 3.63) is 70.2 Å². The second-order valence-electron chi connectivity index (χ2n) is 6.28. The Labute approximate surface area is 187 Å². The van der Waals surface area contributed by atoms with Crippen LogP contribution in [0.4, 0.5) is 0 Å². The Kier molecular flexibility index (Phi) is 9.42. The first kappa shape index (κ1) is 22.4. The summed E-state index contributed by atoms with van der Waals surface area (Å²) in [7, 11) is 0. The maximum absolute atomic E-state index is 4.69. The molecule has 0 amide bonds. The van der Waals surface area contributed by atoms with Crippen molar-refractivity contribution in [3.8, 4) is 0 Å². The zero-order valence-corrected chi connectivity index (χ0v) is 19.4. The number of nitrogens with one attached hydrogen (secondary N) is 2. The van der Waals surface area contributed by atoms with Crippen molar-refractivity contribution in [2.75, 3.05) is 13.1 Å². The Morgan fingerprint density at radius 2 is 1.96 bits per heavy atom. The molecule has 0 spiro atoms. The number of halogens is 1. The van der Waals surface area contributed by atoms with Crippen LogP contribution in [0.2, 0.25) is 0 Å². The molecule has 0 radical (unpaired) electrons. The highest BCUT2D eigenvalue weighted by atomic mass is 127. The van der Waals surface area contributed by atoms with Crippen LogP contribution >= 0.6 is 35.3 Å². The van der Waals surface area contributed by atoms with Crippen molar-refractivity contribution >= 4 is 41.3 Å². The molecule has 1 aromatic carbocycles. The predicted molar refractivity (Wildman–Crippen MR) is 127 cm³/mol. The molecule has 2 N–H and O–H groups in total. The molecule has 3 aromatic rings. The van der Waals surface area contributed by atoms with E-state index in [9.17, 15) is 0 Å². The molecule has 0 aliphatic rings. The normalized spacial score (nSPS) is 11.1. The minimum atomic E-state index is 0. The number of benzene rings is 1. The summed E-state index contributed by atoms with van der Waals surface area (Å²) in [5.41, 5.74) is 3.58. The van der Waals surface area contributed by atoms with E-state index in [1.165, 1.54) is 11.1 Å². The summed E-state index contributed by atoms with van der Waals surface area (Å²) in [5.74, 6) is 0.840. The summed E-state index contributed by atoms with van der Waals surface area (Å²) < 4.78 is 2.06. The predicted octanol–water partition coefficient (Wildman–Crippen LogP) is 3.61. The van der Waals surface area contributed by atoms with Gasteiger partial charge in [0.15, 0.2) is 5.96 Å². The lowest BCUT2D eigenvalue weighted by atomic mass is 10.1. The molecule has 8 heteroatoms. The minimum Gasteiger partial charge on any atom is -0.357 e. The Hall–Kier alpha value is -1.94. The summed E-state index contributed by atoms with van der Waals surface area (Å²) in [6.07, 6.45) is 6.50. The van der Waals surface area contributed by atoms with Gasteiger partial charge in [-0.1, -0.05) is 24.3 Å². The molecule has 3 rings (SSSR count). The van der Waals surface area contributed by atoms with Crippen LogP contribution < -0.4 is 10.6 Å². The fourth-order valence-corrected chi connectivity index (χ4v) is 3.33. The number of aromatic nitrogens is 3. The SMILES string of the molecule is CCNC(=NCc1ccc(Cn2ccnc2)cc1)NCCc1csc(C)n1.I. The quantitative estimate of drug-likeness (QED) is 0.276. The zero-order chi connectivity index (χ0) is 18.9. The van der Waals surface area contributed by atoms with E-state index >= 15 is 0 Å². The van der Waals surface area contributed by atoms with Crippen LogP contribution in [0, 0.1) is 6.92 Å². The Balaban J connectivity index is 0.00000280. The lowest BCUT2D eigenvalue weighted by molar-refractivity contribution is 0.788. The average Bonchev–Trinajstić information content (AvgIpc) is 3.33. The van der Waals surface area contributed by atoms with E-state index in [-0.39, 0.29) is 24.0 Å². The fraction of sp³-hybridized carbons (Fsp3) is 0.350. The highest BCUT2D eigenvalue weighted by Gasteiger charge is 2.01. The molecule has 0 fully saturated rings. The standard InChI is InChI=1S/C20H26N6S.HI/c1-3-22-20(23-9-8-19-14-27-16(2)25-19)24-12-17-4-6-18(7-5-17)13-26-11-10-21-15-26;/h4-7,10-11,14-15H,3,8-9,12-13H2,1-2H3,(H2,22,23,24);1H. The van der Waals surface area contributed by atoms with Crippen molar-refractivity contribution in [3.63, 3.8) is 0 Å². The van der Waals surface area contributed by atoms with Gasteiger partial charge >= 0.3 is 0 Å². The number of guanidine groups is 1. The summed E-state index contributed by atoms with van der Waals surface area (Å²) in [6, 6.07) is 8.57. The van der Waals surface area contributed by atoms with Gasteiger partial charge in [-0.15, -0.1) is 35.3 Å². The smallest absolute Gasteiger partial charge is 0.191 e. The van der Waals surface area contributed by atoms with Gasteiger partial charge in [-0.25, -0.2) is 15.0 Å². The Morgan fingerprint density at radius 3 is 2.61 bits per heavy atom. The monoisotopic (exact) mass is 510 g/mol. The number of aliphatic imine (C=N–C) groups is 1. The highest BCUT2D eigenvalue weighted by Crippen LogP contribution is 2.09. The van der Waals surface area contributed by atoms with E-state index in [1.54, 1.807) is 17.5 Å². The molecule has 0 saturated heterocycles. The van der Waals surface area contributed by atoms with Crippen molar-refractivity contribution in [2.45, 2.75) is 33.4 Å². The number of aryl methyl sites for hydroxylation is 1. The van der Waals surface area contributed by atoms with Crippen molar-refractivity contribution in [1.82, 2.24) is 25.2 Å². The average molecular weight is 510 g/mol. The molecule has 2 aromatic heterocycles. The zero-order valence-electron chi connectivity index (χ0n) is 16.3. The maximum Gasteiger partial charge on any atom is 0.191 e. The number of rotatable bonds is 8. The van der Waals surface area contributed by atoms with Crippen LogP contribution in [-0.2, 0) is 19.5 Å². The first-order valence-electron chi connectivity index (χ1n) is 9.19. The number of thiazole rings is 1. The molecule has 0 atom stereocenters. The summed E-state index contributed by atoms with van der Waals surface area (Å²) in [6.45, 7) is 7.25. The van der Waals surface area contributed by atoms with Crippen LogP contribution in [-0.4, -0.2) is 33.6 Å².